The number of hydrogen-bond donors (Lipinski definition) is 0. The zero-order valence-corrected chi connectivity index (χ0v) is 17.8. The van der Waals surface area contributed by atoms with Crippen molar-refractivity contribution in [2.75, 3.05) is 6.54 Å². The lowest BCUT2D eigenvalue weighted by molar-refractivity contribution is 0.421. The second-order valence-electron chi connectivity index (χ2n) is 7.68. The van der Waals surface area contributed by atoms with Gasteiger partial charge in [0.25, 0.3) is 5.89 Å². The van der Waals surface area contributed by atoms with Crippen LogP contribution in [-0.2, 0) is 19.4 Å². The van der Waals surface area contributed by atoms with Crippen LogP contribution in [0.2, 0.25) is 0 Å². The van der Waals surface area contributed by atoms with Crippen molar-refractivity contribution in [1.29, 1.82) is 0 Å². The van der Waals surface area contributed by atoms with Crippen molar-refractivity contribution >= 4 is 0 Å². The van der Waals surface area contributed by atoms with Crippen LogP contribution in [0, 0.1) is 5.82 Å². The summed E-state index contributed by atoms with van der Waals surface area (Å²) in [5.74, 6) is 1.19. The number of unbranched alkanes of at least 4 members (excludes halogenated alkanes) is 5. The van der Waals surface area contributed by atoms with E-state index >= 15 is 0 Å². The average Bonchev–Trinajstić information content (AvgIpc) is 3.24. The van der Waals surface area contributed by atoms with E-state index in [4.69, 9.17) is 4.52 Å². The van der Waals surface area contributed by atoms with Crippen LogP contribution in [0.4, 0.5) is 4.39 Å². The predicted molar refractivity (Wildman–Crippen MR) is 118 cm³/mol. The first-order valence-electron chi connectivity index (χ1n) is 11.0. The van der Waals surface area contributed by atoms with Gasteiger partial charge >= 0.3 is 0 Å². The SMILES string of the molecule is CCCCCCCCc1noc(-c2ccc(C[N]CCc3ccccc3F)cc2)n1. The Hall–Kier alpha value is -2.53. The maximum Gasteiger partial charge on any atom is 0.257 e. The van der Waals surface area contributed by atoms with E-state index in [1.807, 2.05) is 36.4 Å². The van der Waals surface area contributed by atoms with E-state index in [0.717, 1.165) is 29.8 Å². The molecule has 0 atom stereocenters. The summed E-state index contributed by atoms with van der Waals surface area (Å²) in [6, 6.07) is 14.9. The van der Waals surface area contributed by atoms with Gasteiger partial charge in [-0.15, -0.1) is 0 Å². The van der Waals surface area contributed by atoms with Gasteiger partial charge < -0.3 is 4.52 Å². The average molecular weight is 409 g/mol. The second-order valence-corrected chi connectivity index (χ2v) is 7.68. The molecule has 0 fully saturated rings. The molecule has 0 N–H and O–H groups in total. The lowest BCUT2D eigenvalue weighted by Gasteiger charge is -2.05. The zero-order chi connectivity index (χ0) is 21.0. The molecule has 3 rings (SSSR count). The van der Waals surface area contributed by atoms with Crippen LogP contribution in [-0.4, -0.2) is 16.7 Å². The van der Waals surface area contributed by atoms with E-state index in [1.165, 1.54) is 38.2 Å². The molecule has 1 radical (unpaired) electrons. The second kappa shape index (κ2) is 12.2. The Balaban J connectivity index is 1.40. The molecule has 2 aromatic carbocycles. The molecule has 0 aliphatic heterocycles. The van der Waals surface area contributed by atoms with Gasteiger partial charge in [0.1, 0.15) is 5.82 Å². The number of benzene rings is 2. The fourth-order valence-electron chi connectivity index (χ4n) is 3.40. The first kappa shape index (κ1) is 22.2. The van der Waals surface area contributed by atoms with Crippen LogP contribution < -0.4 is 5.32 Å². The number of hydrogen-bond acceptors (Lipinski definition) is 3. The summed E-state index contributed by atoms with van der Waals surface area (Å²) >= 11 is 0. The number of rotatable bonds is 13. The van der Waals surface area contributed by atoms with Crippen molar-refractivity contribution in [3.63, 3.8) is 0 Å². The third-order valence-electron chi connectivity index (χ3n) is 5.21. The van der Waals surface area contributed by atoms with Crippen molar-refractivity contribution in [2.45, 2.75) is 64.8 Å². The van der Waals surface area contributed by atoms with Crippen molar-refractivity contribution < 1.29 is 8.91 Å². The molecule has 0 bridgehead atoms. The van der Waals surface area contributed by atoms with Gasteiger partial charge in [-0.1, -0.05) is 74.5 Å². The van der Waals surface area contributed by atoms with E-state index in [9.17, 15) is 4.39 Å². The van der Waals surface area contributed by atoms with Gasteiger partial charge in [-0.2, -0.15) is 4.98 Å². The summed E-state index contributed by atoms with van der Waals surface area (Å²) < 4.78 is 19.0. The number of nitrogens with zero attached hydrogens (tertiary/aromatic N) is 3. The van der Waals surface area contributed by atoms with E-state index in [0.29, 0.717) is 31.0 Å². The van der Waals surface area contributed by atoms with Gasteiger partial charge in [0.2, 0.25) is 0 Å². The Morgan fingerprint density at radius 1 is 0.900 bits per heavy atom. The van der Waals surface area contributed by atoms with E-state index < -0.39 is 0 Å². The van der Waals surface area contributed by atoms with Crippen LogP contribution in [0.1, 0.15) is 62.4 Å². The minimum atomic E-state index is -0.160. The molecule has 0 saturated heterocycles. The minimum absolute atomic E-state index is 0.160. The summed E-state index contributed by atoms with van der Waals surface area (Å²) in [4.78, 5) is 4.52. The molecule has 0 spiro atoms. The molecular weight excluding hydrogens is 377 g/mol. The number of aromatic nitrogens is 2. The molecule has 5 heteroatoms. The van der Waals surface area contributed by atoms with Crippen LogP contribution in [0.5, 0.6) is 0 Å². The molecule has 30 heavy (non-hydrogen) atoms. The molecule has 1 aromatic heterocycles. The fourth-order valence-corrected chi connectivity index (χ4v) is 3.40. The van der Waals surface area contributed by atoms with Crippen molar-refractivity contribution in [3.8, 4) is 11.5 Å². The molecule has 0 amide bonds. The largest absolute Gasteiger partial charge is 0.334 e. The highest BCUT2D eigenvalue weighted by Crippen LogP contribution is 2.19. The van der Waals surface area contributed by atoms with Crippen molar-refractivity contribution in [3.05, 3.63) is 71.3 Å². The maximum absolute atomic E-state index is 13.6. The molecule has 159 valence electrons. The quantitative estimate of drug-likeness (QED) is 0.320. The lowest BCUT2D eigenvalue weighted by atomic mass is 10.1. The zero-order valence-electron chi connectivity index (χ0n) is 17.8. The summed E-state index contributed by atoms with van der Waals surface area (Å²) in [5, 5.41) is 8.64. The minimum Gasteiger partial charge on any atom is -0.334 e. The first-order valence-corrected chi connectivity index (χ1v) is 11.0. The Bertz CT molecular complexity index is 876. The topological polar surface area (TPSA) is 53.0 Å². The first-order chi connectivity index (χ1) is 14.8. The molecule has 0 aliphatic carbocycles. The van der Waals surface area contributed by atoms with Crippen LogP contribution in [0.15, 0.2) is 53.1 Å². The fraction of sp³-hybridized carbons (Fsp3) is 0.440. The number of aryl methyl sites for hydroxylation is 1. The Kier molecular flexibility index (Phi) is 9.04. The van der Waals surface area contributed by atoms with Crippen LogP contribution in [0.3, 0.4) is 0 Å². The standard InChI is InChI=1S/C25H31FN3O/c1-2-3-4-5-6-7-12-24-28-25(30-29-24)22-15-13-20(14-16-22)19-27-18-17-21-10-8-9-11-23(21)26/h8-11,13-16H,2-7,12,17-19H2,1H3. The van der Waals surface area contributed by atoms with Gasteiger partial charge in [-0.25, -0.2) is 9.71 Å². The normalized spacial score (nSPS) is 11.1. The monoisotopic (exact) mass is 408 g/mol. The Morgan fingerprint density at radius 2 is 1.67 bits per heavy atom. The van der Waals surface area contributed by atoms with Crippen molar-refractivity contribution in [1.82, 2.24) is 15.5 Å². The van der Waals surface area contributed by atoms with Gasteiger partial charge in [0.05, 0.1) is 0 Å². The summed E-state index contributed by atoms with van der Waals surface area (Å²) in [6.45, 7) is 3.45. The smallest absolute Gasteiger partial charge is 0.257 e. The Morgan fingerprint density at radius 3 is 2.47 bits per heavy atom. The third-order valence-corrected chi connectivity index (χ3v) is 5.21. The van der Waals surface area contributed by atoms with E-state index in [-0.39, 0.29) is 5.82 Å². The van der Waals surface area contributed by atoms with Gasteiger partial charge in [-0.05, 0) is 42.2 Å². The molecule has 1 heterocycles. The molecule has 3 aromatic rings. The predicted octanol–water partition coefficient (Wildman–Crippen LogP) is 6.13. The highest BCUT2D eigenvalue weighted by atomic mass is 19.1. The molecule has 0 aliphatic rings. The van der Waals surface area contributed by atoms with Gasteiger partial charge in [0, 0.05) is 25.1 Å². The third kappa shape index (κ3) is 7.06. The molecule has 0 unspecified atom stereocenters. The van der Waals surface area contributed by atoms with Crippen molar-refractivity contribution in [2.24, 2.45) is 0 Å². The number of halogens is 1. The van der Waals surface area contributed by atoms with E-state index in [1.54, 1.807) is 6.07 Å². The highest BCUT2D eigenvalue weighted by molar-refractivity contribution is 5.53. The highest BCUT2D eigenvalue weighted by Gasteiger charge is 2.09. The summed E-state index contributed by atoms with van der Waals surface area (Å²) in [6.07, 6.45) is 9.01. The van der Waals surface area contributed by atoms with Gasteiger partial charge in [-0.3, -0.25) is 0 Å². The van der Waals surface area contributed by atoms with Gasteiger partial charge in [0.15, 0.2) is 5.82 Å². The molecule has 4 nitrogen and oxygen atoms in total. The maximum atomic E-state index is 13.6. The summed E-state index contributed by atoms with van der Waals surface area (Å²) in [7, 11) is 0. The van der Waals surface area contributed by atoms with Crippen LogP contribution >= 0.6 is 0 Å². The van der Waals surface area contributed by atoms with Crippen LogP contribution in [0.25, 0.3) is 11.5 Å². The van der Waals surface area contributed by atoms with E-state index in [2.05, 4.69) is 22.4 Å². The molecular formula is C25H31FN3O. The summed E-state index contributed by atoms with van der Waals surface area (Å²) in [5.41, 5.74) is 2.75. The molecule has 0 saturated carbocycles. The lowest BCUT2D eigenvalue weighted by Crippen LogP contribution is -2.09. The Labute approximate surface area is 178 Å².